The molecule has 0 aliphatic rings. The van der Waals surface area contributed by atoms with Gasteiger partial charge in [0.1, 0.15) is 0 Å². The van der Waals surface area contributed by atoms with Crippen LogP contribution in [0, 0.1) is 0 Å². The molecule has 0 fully saturated rings. The topological polar surface area (TPSA) is 24.5 Å². The second-order valence-corrected chi connectivity index (χ2v) is 4.74. The van der Waals surface area contributed by atoms with Gasteiger partial charge in [0, 0.05) is 38.3 Å². The van der Waals surface area contributed by atoms with Crippen molar-refractivity contribution in [2.45, 2.75) is 52.7 Å². The summed E-state index contributed by atoms with van der Waals surface area (Å²) in [6.45, 7) is 14.1. The summed E-state index contributed by atoms with van der Waals surface area (Å²) in [4.78, 5) is 2.49. The minimum absolute atomic E-state index is 0.441. The van der Waals surface area contributed by atoms with Crippen molar-refractivity contribution in [3.8, 4) is 0 Å². The molecule has 0 saturated carbocycles. The second-order valence-electron chi connectivity index (χ2n) is 4.74. The van der Waals surface area contributed by atoms with Crippen LogP contribution in [-0.2, 0) is 4.74 Å². The van der Waals surface area contributed by atoms with E-state index in [0.717, 1.165) is 19.7 Å². The quantitative estimate of drug-likeness (QED) is 0.669. The van der Waals surface area contributed by atoms with E-state index in [1.807, 2.05) is 0 Å². The fourth-order valence-electron chi connectivity index (χ4n) is 1.86. The van der Waals surface area contributed by atoms with Crippen LogP contribution in [0.3, 0.4) is 0 Å². The highest BCUT2D eigenvalue weighted by molar-refractivity contribution is 4.69. The predicted molar refractivity (Wildman–Crippen MR) is 66.3 cm³/mol. The molecular weight excluding hydrogens is 188 g/mol. The smallest absolute Gasteiger partial charge is 0.0613 e. The standard InChI is InChI=1S/C12H28N2O/c1-10(2)14(11(3)4)8-7-13-12(5)9-15-6/h10-13H,7-9H2,1-6H3/t12-/m0/s1. The molecule has 3 heteroatoms. The number of ether oxygens (including phenoxy) is 1. The highest BCUT2D eigenvalue weighted by Crippen LogP contribution is 2.03. The SMILES string of the molecule is COC[C@H](C)NCCN(C(C)C)C(C)C. The van der Waals surface area contributed by atoms with E-state index in [-0.39, 0.29) is 0 Å². The molecule has 0 saturated heterocycles. The molecule has 1 N–H and O–H groups in total. The van der Waals surface area contributed by atoms with Gasteiger partial charge in [-0.25, -0.2) is 0 Å². The van der Waals surface area contributed by atoms with Gasteiger partial charge >= 0.3 is 0 Å². The molecule has 0 amide bonds. The van der Waals surface area contributed by atoms with Gasteiger partial charge in [-0.1, -0.05) is 0 Å². The first-order valence-electron chi connectivity index (χ1n) is 5.97. The molecule has 0 aliphatic heterocycles. The molecule has 0 rings (SSSR count). The molecule has 0 bridgehead atoms. The van der Waals surface area contributed by atoms with Crippen molar-refractivity contribution in [2.75, 3.05) is 26.8 Å². The third-order valence-electron chi connectivity index (χ3n) is 2.61. The Balaban J connectivity index is 3.71. The first-order valence-corrected chi connectivity index (χ1v) is 5.97. The van der Waals surface area contributed by atoms with Gasteiger partial charge in [0.25, 0.3) is 0 Å². The molecule has 3 nitrogen and oxygen atoms in total. The van der Waals surface area contributed by atoms with Crippen LogP contribution in [-0.4, -0.2) is 49.8 Å². The fraction of sp³-hybridized carbons (Fsp3) is 1.00. The van der Waals surface area contributed by atoms with Gasteiger partial charge in [-0.15, -0.1) is 0 Å². The Labute approximate surface area is 95.2 Å². The summed E-state index contributed by atoms with van der Waals surface area (Å²) < 4.78 is 5.08. The zero-order valence-electron chi connectivity index (χ0n) is 11.2. The molecule has 0 heterocycles. The predicted octanol–water partition coefficient (Wildman–Crippen LogP) is 1.73. The van der Waals surface area contributed by atoms with E-state index < -0.39 is 0 Å². The summed E-state index contributed by atoms with van der Waals surface area (Å²) >= 11 is 0. The van der Waals surface area contributed by atoms with Gasteiger partial charge in [-0.05, 0) is 34.6 Å². The third-order valence-corrected chi connectivity index (χ3v) is 2.61. The number of nitrogens with one attached hydrogen (secondary N) is 1. The molecule has 15 heavy (non-hydrogen) atoms. The summed E-state index contributed by atoms with van der Waals surface area (Å²) in [5, 5.41) is 3.46. The van der Waals surface area contributed by atoms with Crippen molar-refractivity contribution < 1.29 is 4.74 Å². The molecule has 0 spiro atoms. The Morgan fingerprint density at radius 1 is 1.07 bits per heavy atom. The average molecular weight is 216 g/mol. The van der Waals surface area contributed by atoms with Crippen LogP contribution in [0.1, 0.15) is 34.6 Å². The van der Waals surface area contributed by atoms with Crippen molar-refractivity contribution >= 4 is 0 Å². The van der Waals surface area contributed by atoms with Gasteiger partial charge in [0.2, 0.25) is 0 Å². The van der Waals surface area contributed by atoms with E-state index in [1.54, 1.807) is 7.11 Å². The van der Waals surface area contributed by atoms with Gasteiger partial charge in [0.05, 0.1) is 6.61 Å². The summed E-state index contributed by atoms with van der Waals surface area (Å²) in [6, 6.07) is 1.67. The highest BCUT2D eigenvalue weighted by Gasteiger charge is 2.12. The molecule has 1 atom stereocenters. The Morgan fingerprint density at radius 2 is 1.60 bits per heavy atom. The molecule has 0 aromatic carbocycles. The Morgan fingerprint density at radius 3 is 2.00 bits per heavy atom. The van der Waals surface area contributed by atoms with E-state index in [2.05, 4.69) is 44.8 Å². The molecule has 0 radical (unpaired) electrons. The molecule has 92 valence electrons. The van der Waals surface area contributed by atoms with Gasteiger partial charge < -0.3 is 10.1 Å². The summed E-state index contributed by atoms with van der Waals surface area (Å²) in [5.74, 6) is 0. The van der Waals surface area contributed by atoms with E-state index in [1.165, 1.54) is 0 Å². The van der Waals surface area contributed by atoms with Crippen LogP contribution >= 0.6 is 0 Å². The van der Waals surface area contributed by atoms with Crippen LogP contribution in [0.25, 0.3) is 0 Å². The lowest BCUT2D eigenvalue weighted by molar-refractivity contribution is 0.154. The van der Waals surface area contributed by atoms with Crippen LogP contribution in [0.2, 0.25) is 0 Å². The van der Waals surface area contributed by atoms with Gasteiger partial charge in [-0.3, -0.25) is 4.90 Å². The van der Waals surface area contributed by atoms with Gasteiger partial charge in [0.15, 0.2) is 0 Å². The van der Waals surface area contributed by atoms with E-state index in [4.69, 9.17) is 4.74 Å². The molecule has 0 unspecified atom stereocenters. The van der Waals surface area contributed by atoms with Crippen LogP contribution in [0.15, 0.2) is 0 Å². The number of rotatable bonds is 8. The summed E-state index contributed by atoms with van der Waals surface area (Å²) in [5.41, 5.74) is 0. The normalized spacial score (nSPS) is 14.2. The minimum atomic E-state index is 0.441. The largest absolute Gasteiger partial charge is 0.383 e. The fourth-order valence-corrected chi connectivity index (χ4v) is 1.86. The molecule has 0 aromatic heterocycles. The lowest BCUT2D eigenvalue weighted by Crippen LogP contribution is -2.43. The zero-order chi connectivity index (χ0) is 11.8. The summed E-state index contributed by atoms with van der Waals surface area (Å²) in [7, 11) is 1.74. The van der Waals surface area contributed by atoms with Crippen LogP contribution in [0.5, 0.6) is 0 Å². The number of hydrogen-bond acceptors (Lipinski definition) is 3. The lowest BCUT2D eigenvalue weighted by Gasteiger charge is -2.31. The number of methoxy groups -OCH3 is 1. The Bertz CT molecular complexity index is 141. The second kappa shape index (κ2) is 8.08. The van der Waals surface area contributed by atoms with Gasteiger partial charge in [-0.2, -0.15) is 0 Å². The van der Waals surface area contributed by atoms with E-state index in [0.29, 0.717) is 18.1 Å². The van der Waals surface area contributed by atoms with Crippen molar-refractivity contribution in [2.24, 2.45) is 0 Å². The molecule has 0 aliphatic carbocycles. The van der Waals surface area contributed by atoms with Crippen molar-refractivity contribution in [3.05, 3.63) is 0 Å². The number of nitrogens with zero attached hydrogens (tertiary/aromatic N) is 1. The Hall–Kier alpha value is -0.120. The highest BCUT2D eigenvalue weighted by atomic mass is 16.5. The number of hydrogen-bond donors (Lipinski definition) is 1. The minimum Gasteiger partial charge on any atom is -0.383 e. The van der Waals surface area contributed by atoms with Crippen molar-refractivity contribution in [1.29, 1.82) is 0 Å². The monoisotopic (exact) mass is 216 g/mol. The average Bonchev–Trinajstić information content (AvgIpc) is 2.11. The van der Waals surface area contributed by atoms with E-state index in [9.17, 15) is 0 Å². The van der Waals surface area contributed by atoms with Crippen LogP contribution < -0.4 is 5.32 Å². The molecular formula is C12H28N2O. The summed E-state index contributed by atoms with van der Waals surface area (Å²) in [6.07, 6.45) is 0. The van der Waals surface area contributed by atoms with E-state index >= 15 is 0 Å². The van der Waals surface area contributed by atoms with Crippen molar-refractivity contribution in [1.82, 2.24) is 10.2 Å². The third kappa shape index (κ3) is 6.88. The Kier molecular flexibility index (Phi) is 8.02. The first kappa shape index (κ1) is 14.9. The maximum atomic E-state index is 5.08. The lowest BCUT2D eigenvalue weighted by atomic mass is 10.2. The molecule has 0 aromatic rings. The maximum absolute atomic E-state index is 5.08. The maximum Gasteiger partial charge on any atom is 0.0613 e. The van der Waals surface area contributed by atoms with Crippen LogP contribution in [0.4, 0.5) is 0 Å². The zero-order valence-corrected chi connectivity index (χ0v) is 11.2. The first-order chi connectivity index (χ1) is 6.99. The van der Waals surface area contributed by atoms with Crippen molar-refractivity contribution in [3.63, 3.8) is 0 Å².